The topological polar surface area (TPSA) is 47.9 Å². The van der Waals surface area contributed by atoms with E-state index < -0.39 is 29.3 Å². The van der Waals surface area contributed by atoms with E-state index in [0.717, 1.165) is 12.5 Å². The first-order chi connectivity index (χ1) is 5.85. The van der Waals surface area contributed by atoms with Gasteiger partial charge in [0.2, 0.25) is 0 Å². The summed E-state index contributed by atoms with van der Waals surface area (Å²) in [6.45, 7) is 4.37. The Bertz CT molecular complexity index is 86.8. The van der Waals surface area contributed by atoms with Crippen molar-refractivity contribution < 1.29 is 17.5 Å². The van der Waals surface area contributed by atoms with Crippen LogP contribution in [0.15, 0.2) is 0 Å². The summed E-state index contributed by atoms with van der Waals surface area (Å²) in [7, 11) is -2.21. The first-order valence-corrected chi connectivity index (χ1v) is 8.33. The van der Waals surface area contributed by atoms with Crippen LogP contribution in [0.25, 0.3) is 0 Å². The smallest absolute Gasteiger partial charge is 0.302 e. The second kappa shape index (κ2) is 9.58. The Morgan fingerprint density at radius 2 is 1.75 bits per heavy atom. The molecule has 0 aromatic carbocycles. The van der Waals surface area contributed by atoms with Crippen LogP contribution in [-0.4, -0.2) is 41.0 Å². The van der Waals surface area contributed by atoms with Crippen molar-refractivity contribution in [3.63, 3.8) is 0 Å². The lowest BCUT2D eigenvalue weighted by Gasteiger charge is -2.20. The monoisotopic (exact) mass is 226 g/mol. The average Bonchev–Trinajstić information content (AvgIpc) is 2.19. The molecular weight excluding hydrogens is 208 g/mol. The molecule has 0 aliphatic carbocycles. The SMILES string of the molecule is CCCO.CC[SiH]1O[SiH2]O[SiH2]O1. The maximum atomic E-state index is 7.88. The van der Waals surface area contributed by atoms with E-state index in [1.165, 1.54) is 0 Å². The quantitative estimate of drug-likeness (QED) is 0.593. The summed E-state index contributed by atoms with van der Waals surface area (Å²) < 4.78 is 15.7. The zero-order valence-corrected chi connectivity index (χ0v) is 11.8. The summed E-state index contributed by atoms with van der Waals surface area (Å²) in [5, 5.41) is 7.88. The molecule has 74 valence electrons. The van der Waals surface area contributed by atoms with Crippen LogP contribution in [0.4, 0.5) is 0 Å². The van der Waals surface area contributed by atoms with Gasteiger partial charge in [-0.15, -0.1) is 0 Å². The number of rotatable bonds is 2. The highest BCUT2D eigenvalue weighted by Crippen LogP contribution is 1.98. The van der Waals surface area contributed by atoms with Gasteiger partial charge in [0.15, 0.2) is 0 Å². The Labute approximate surface area is 80.2 Å². The molecule has 0 unspecified atom stereocenters. The fraction of sp³-hybridized carbons (Fsp3) is 1.00. The predicted molar refractivity (Wildman–Crippen MR) is 55.3 cm³/mol. The van der Waals surface area contributed by atoms with Crippen LogP contribution in [0.2, 0.25) is 6.04 Å². The van der Waals surface area contributed by atoms with Gasteiger partial charge in [-0.1, -0.05) is 13.8 Å². The summed E-state index contributed by atoms with van der Waals surface area (Å²) in [4.78, 5) is 0. The molecule has 1 saturated heterocycles. The van der Waals surface area contributed by atoms with E-state index in [9.17, 15) is 0 Å². The molecule has 1 fully saturated rings. The van der Waals surface area contributed by atoms with Crippen LogP contribution in [-0.2, 0) is 12.3 Å². The van der Waals surface area contributed by atoms with Crippen molar-refractivity contribution in [3.8, 4) is 0 Å². The van der Waals surface area contributed by atoms with Crippen molar-refractivity contribution in [1.82, 2.24) is 0 Å². The highest BCUT2D eigenvalue weighted by Gasteiger charge is 2.14. The van der Waals surface area contributed by atoms with Crippen molar-refractivity contribution in [2.24, 2.45) is 0 Å². The molecular formula is C5H18O4Si3. The van der Waals surface area contributed by atoms with E-state index in [0.29, 0.717) is 6.61 Å². The van der Waals surface area contributed by atoms with Gasteiger partial charge in [0.05, 0.1) is 0 Å². The van der Waals surface area contributed by atoms with Crippen LogP contribution in [0.3, 0.4) is 0 Å². The van der Waals surface area contributed by atoms with E-state index in [4.69, 9.17) is 17.5 Å². The van der Waals surface area contributed by atoms with Gasteiger partial charge in [0, 0.05) is 6.61 Å². The highest BCUT2D eigenvalue weighted by atomic mass is 28.4. The molecule has 0 amide bonds. The molecule has 0 spiro atoms. The molecule has 1 rings (SSSR count). The molecule has 1 aliphatic heterocycles. The maximum Gasteiger partial charge on any atom is 0.302 e. The lowest BCUT2D eigenvalue weighted by molar-refractivity contribution is 0.295. The Balaban J connectivity index is 0.000000261. The summed E-state index contributed by atoms with van der Waals surface area (Å²) in [6, 6.07) is 1.10. The fourth-order valence-electron chi connectivity index (χ4n) is 0.566. The van der Waals surface area contributed by atoms with Crippen molar-refractivity contribution in [3.05, 3.63) is 0 Å². The van der Waals surface area contributed by atoms with Crippen molar-refractivity contribution in [1.29, 1.82) is 0 Å². The molecule has 0 saturated carbocycles. The predicted octanol–water partition coefficient (Wildman–Crippen LogP) is -1.32. The second-order valence-corrected chi connectivity index (χ2v) is 8.78. The Morgan fingerprint density at radius 3 is 2.00 bits per heavy atom. The molecule has 0 atom stereocenters. The third-order valence-electron chi connectivity index (χ3n) is 1.23. The largest absolute Gasteiger partial charge is 0.425 e. The molecule has 0 aromatic rings. The minimum atomic E-state index is -1.11. The van der Waals surface area contributed by atoms with Crippen LogP contribution in [0, 0.1) is 0 Å². The zero-order valence-electron chi connectivity index (χ0n) is 7.78. The minimum Gasteiger partial charge on any atom is -0.425 e. The number of aliphatic hydroxyl groups is 1. The molecule has 1 heterocycles. The fourth-order valence-corrected chi connectivity index (χ4v) is 7.69. The summed E-state index contributed by atoms with van der Waals surface area (Å²) >= 11 is 0. The maximum absolute atomic E-state index is 7.88. The normalized spacial score (nSPS) is 26.8. The first-order valence-electron chi connectivity index (χ1n) is 4.26. The number of hydrogen-bond donors (Lipinski definition) is 1. The minimum absolute atomic E-state index is 0.319. The van der Waals surface area contributed by atoms with Crippen molar-refractivity contribution >= 4 is 29.3 Å². The van der Waals surface area contributed by atoms with Gasteiger partial charge in [0.25, 0.3) is 20.0 Å². The van der Waals surface area contributed by atoms with Gasteiger partial charge in [-0.3, -0.25) is 0 Å². The third-order valence-corrected chi connectivity index (χ3v) is 7.29. The van der Waals surface area contributed by atoms with Gasteiger partial charge in [-0.25, -0.2) is 0 Å². The number of aliphatic hydroxyl groups excluding tert-OH is 1. The third kappa shape index (κ3) is 7.16. The van der Waals surface area contributed by atoms with Crippen LogP contribution < -0.4 is 0 Å². The van der Waals surface area contributed by atoms with Gasteiger partial charge in [0.1, 0.15) is 0 Å². The van der Waals surface area contributed by atoms with Gasteiger partial charge < -0.3 is 17.5 Å². The molecule has 4 nitrogen and oxygen atoms in total. The van der Waals surface area contributed by atoms with Gasteiger partial charge >= 0.3 is 9.28 Å². The summed E-state index contributed by atoms with van der Waals surface area (Å²) in [5.74, 6) is 0. The lowest BCUT2D eigenvalue weighted by atomic mass is 10.5. The molecule has 0 aromatic heterocycles. The van der Waals surface area contributed by atoms with Crippen LogP contribution in [0.1, 0.15) is 20.3 Å². The first kappa shape index (κ1) is 12.5. The number of hydrogen-bond acceptors (Lipinski definition) is 4. The van der Waals surface area contributed by atoms with E-state index in [1.54, 1.807) is 0 Å². The molecule has 7 heteroatoms. The zero-order chi connectivity index (χ0) is 9.23. The summed E-state index contributed by atoms with van der Waals surface area (Å²) in [6.07, 6.45) is 0.875. The Morgan fingerprint density at radius 1 is 1.25 bits per heavy atom. The van der Waals surface area contributed by atoms with E-state index >= 15 is 0 Å². The van der Waals surface area contributed by atoms with Crippen LogP contribution in [0.5, 0.6) is 0 Å². The summed E-state index contributed by atoms with van der Waals surface area (Å²) in [5.41, 5.74) is 0. The Hall–Kier alpha value is 0.491. The Kier molecular flexibility index (Phi) is 9.97. The van der Waals surface area contributed by atoms with E-state index in [-0.39, 0.29) is 0 Å². The molecule has 0 bridgehead atoms. The molecule has 12 heavy (non-hydrogen) atoms. The highest BCUT2D eigenvalue weighted by molar-refractivity contribution is 6.61. The lowest BCUT2D eigenvalue weighted by Crippen LogP contribution is -2.34. The molecule has 1 aliphatic rings. The van der Waals surface area contributed by atoms with Crippen LogP contribution >= 0.6 is 0 Å². The molecule has 0 radical (unpaired) electrons. The standard InChI is InChI=1S/C3H8O.C2H10O3Si3/c1-2-3-4;1-2-8-4-6-3-7-5-8/h4H,2-3H2,1H3;8H,2,6-7H2,1H3. The average molecular weight is 226 g/mol. The van der Waals surface area contributed by atoms with E-state index in [2.05, 4.69) is 6.92 Å². The van der Waals surface area contributed by atoms with Gasteiger partial charge in [-0.2, -0.15) is 0 Å². The van der Waals surface area contributed by atoms with Gasteiger partial charge in [-0.05, 0) is 12.5 Å². The van der Waals surface area contributed by atoms with Crippen molar-refractivity contribution in [2.45, 2.75) is 26.3 Å². The second-order valence-electron chi connectivity index (χ2n) is 2.33. The van der Waals surface area contributed by atoms with E-state index in [1.807, 2.05) is 6.92 Å². The van der Waals surface area contributed by atoms with Crippen molar-refractivity contribution in [2.75, 3.05) is 6.61 Å². The molecule has 1 N–H and O–H groups in total.